The van der Waals surface area contributed by atoms with Crippen LogP contribution in [0.15, 0.2) is 58.7 Å². The number of benzene rings is 1. The van der Waals surface area contributed by atoms with Crippen molar-refractivity contribution in [3.05, 3.63) is 75.4 Å². The maximum atomic E-state index is 12.2. The quantitative estimate of drug-likeness (QED) is 0.777. The van der Waals surface area contributed by atoms with Crippen molar-refractivity contribution in [3.63, 3.8) is 0 Å². The normalized spacial score (nSPS) is 10.5. The summed E-state index contributed by atoms with van der Waals surface area (Å²) in [6, 6.07) is 14.5. The largest absolute Gasteiger partial charge is 0.350 e. The number of carbonyl (C=O) groups excluding carboxylic acids is 1. The zero-order valence-electron chi connectivity index (χ0n) is 13.2. The Morgan fingerprint density at radius 1 is 1.17 bits per heavy atom. The van der Waals surface area contributed by atoms with Gasteiger partial charge >= 0.3 is 0 Å². The number of hydrogen-bond acceptors (Lipinski definition) is 4. The molecular weight excluding hydrogens is 322 g/mol. The molecule has 0 aliphatic carbocycles. The predicted octanol–water partition coefficient (Wildman–Crippen LogP) is 2.71. The summed E-state index contributed by atoms with van der Waals surface area (Å²) in [4.78, 5) is 25.1. The molecule has 2 aromatic heterocycles. The topological polar surface area (TPSA) is 64.0 Å². The van der Waals surface area contributed by atoms with Crippen molar-refractivity contribution in [2.75, 3.05) is 6.54 Å². The smallest absolute Gasteiger partial charge is 0.266 e. The number of aromatic nitrogens is 2. The lowest BCUT2D eigenvalue weighted by molar-refractivity contribution is 0.0951. The van der Waals surface area contributed by atoms with Crippen LogP contribution < -0.4 is 10.9 Å². The van der Waals surface area contributed by atoms with E-state index in [4.69, 9.17) is 0 Å². The van der Waals surface area contributed by atoms with Crippen molar-refractivity contribution in [1.82, 2.24) is 15.1 Å². The molecule has 0 bridgehead atoms. The highest BCUT2D eigenvalue weighted by Crippen LogP contribution is 2.20. The first-order chi connectivity index (χ1) is 11.6. The Morgan fingerprint density at radius 2 is 2.00 bits per heavy atom. The van der Waals surface area contributed by atoms with E-state index in [0.717, 1.165) is 16.1 Å². The Labute approximate surface area is 143 Å². The summed E-state index contributed by atoms with van der Waals surface area (Å²) in [5, 5.41) is 9.17. The Bertz CT molecular complexity index is 901. The molecular formula is C18H17N3O2S. The van der Waals surface area contributed by atoms with Gasteiger partial charge in [0.15, 0.2) is 0 Å². The van der Waals surface area contributed by atoms with Crippen molar-refractivity contribution >= 4 is 17.2 Å². The average molecular weight is 339 g/mol. The lowest BCUT2D eigenvalue weighted by Crippen LogP contribution is -2.32. The summed E-state index contributed by atoms with van der Waals surface area (Å²) in [6.45, 7) is 2.56. The molecule has 0 spiro atoms. The molecule has 0 saturated carbocycles. The van der Waals surface area contributed by atoms with Crippen molar-refractivity contribution in [2.24, 2.45) is 0 Å². The van der Waals surface area contributed by atoms with Crippen LogP contribution in [0, 0.1) is 6.92 Å². The lowest BCUT2D eigenvalue weighted by atomic mass is 10.1. The zero-order valence-corrected chi connectivity index (χ0v) is 14.0. The van der Waals surface area contributed by atoms with Gasteiger partial charge in [0.1, 0.15) is 5.69 Å². The zero-order chi connectivity index (χ0) is 16.9. The third kappa shape index (κ3) is 3.60. The standard InChI is InChI=1S/C18H17N3O2S/c1-13-5-2-3-6-14(13)18(23)19-10-11-21-17(22)9-8-15(20-21)16-7-4-12-24-16/h2-9,12H,10-11H2,1H3,(H,19,23). The number of nitrogens with zero attached hydrogens (tertiary/aromatic N) is 2. The first-order valence-corrected chi connectivity index (χ1v) is 8.49. The molecule has 0 radical (unpaired) electrons. The summed E-state index contributed by atoms with van der Waals surface area (Å²) in [6.07, 6.45) is 0. The molecule has 2 heterocycles. The molecule has 0 aliphatic rings. The number of nitrogens with one attached hydrogen (secondary N) is 1. The van der Waals surface area contributed by atoms with Crippen molar-refractivity contribution in [3.8, 4) is 10.6 Å². The molecule has 1 N–H and O–H groups in total. The van der Waals surface area contributed by atoms with Gasteiger partial charge in [-0.15, -0.1) is 11.3 Å². The van der Waals surface area contributed by atoms with Gasteiger partial charge in [0.05, 0.1) is 11.4 Å². The van der Waals surface area contributed by atoms with Gasteiger partial charge < -0.3 is 5.32 Å². The number of rotatable bonds is 5. The molecule has 3 aromatic rings. The van der Waals surface area contributed by atoms with Crippen LogP contribution in [0.3, 0.4) is 0 Å². The van der Waals surface area contributed by atoms with E-state index in [1.807, 2.05) is 42.6 Å². The molecule has 0 aliphatic heterocycles. The van der Waals surface area contributed by atoms with Gasteiger partial charge in [-0.2, -0.15) is 5.10 Å². The van der Waals surface area contributed by atoms with E-state index >= 15 is 0 Å². The fourth-order valence-corrected chi connectivity index (χ4v) is 3.05. The van der Waals surface area contributed by atoms with E-state index in [9.17, 15) is 9.59 Å². The molecule has 122 valence electrons. The van der Waals surface area contributed by atoms with E-state index in [0.29, 0.717) is 18.7 Å². The van der Waals surface area contributed by atoms with Crippen LogP contribution in [0.2, 0.25) is 0 Å². The SMILES string of the molecule is Cc1ccccc1C(=O)NCCn1nc(-c2cccs2)ccc1=O. The molecule has 0 fully saturated rings. The Kier molecular flexibility index (Phi) is 4.86. The van der Waals surface area contributed by atoms with Crippen LogP contribution in [-0.2, 0) is 6.54 Å². The molecule has 0 unspecified atom stereocenters. The highest BCUT2D eigenvalue weighted by molar-refractivity contribution is 7.13. The highest BCUT2D eigenvalue weighted by Gasteiger charge is 2.08. The lowest BCUT2D eigenvalue weighted by Gasteiger charge is -2.09. The molecule has 0 atom stereocenters. The maximum Gasteiger partial charge on any atom is 0.266 e. The second-order valence-electron chi connectivity index (χ2n) is 5.33. The van der Waals surface area contributed by atoms with Gasteiger partial charge in [0.2, 0.25) is 0 Å². The van der Waals surface area contributed by atoms with E-state index < -0.39 is 0 Å². The van der Waals surface area contributed by atoms with E-state index in [1.54, 1.807) is 23.5 Å². The van der Waals surface area contributed by atoms with E-state index in [-0.39, 0.29) is 11.5 Å². The van der Waals surface area contributed by atoms with Gasteiger partial charge in [-0.05, 0) is 36.1 Å². The molecule has 24 heavy (non-hydrogen) atoms. The highest BCUT2D eigenvalue weighted by atomic mass is 32.1. The number of amides is 1. The summed E-state index contributed by atoms with van der Waals surface area (Å²) in [5.74, 6) is -0.143. The second-order valence-corrected chi connectivity index (χ2v) is 6.28. The third-order valence-electron chi connectivity index (χ3n) is 3.64. The summed E-state index contributed by atoms with van der Waals surface area (Å²) >= 11 is 1.57. The van der Waals surface area contributed by atoms with Crippen LogP contribution in [0.25, 0.3) is 10.6 Å². The molecule has 5 nitrogen and oxygen atoms in total. The average Bonchev–Trinajstić information content (AvgIpc) is 3.11. The maximum absolute atomic E-state index is 12.2. The first-order valence-electron chi connectivity index (χ1n) is 7.61. The molecule has 3 rings (SSSR count). The molecule has 1 aromatic carbocycles. The van der Waals surface area contributed by atoms with Crippen LogP contribution in [-0.4, -0.2) is 22.2 Å². The number of hydrogen-bond donors (Lipinski definition) is 1. The summed E-state index contributed by atoms with van der Waals surface area (Å²) in [7, 11) is 0. The summed E-state index contributed by atoms with van der Waals surface area (Å²) < 4.78 is 1.38. The van der Waals surface area contributed by atoms with Crippen LogP contribution in [0.1, 0.15) is 15.9 Å². The van der Waals surface area contributed by atoms with Gasteiger partial charge in [0, 0.05) is 18.2 Å². The Hall–Kier alpha value is -2.73. The number of thiophene rings is 1. The minimum Gasteiger partial charge on any atom is -0.350 e. The number of carbonyl (C=O) groups is 1. The minimum atomic E-state index is -0.180. The minimum absolute atomic E-state index is 0.143. The van der Waals surface area contributed by atoms with Crippen LogP contribution >= 0.6 is 11.3 Å². The second kappa shape index (κ2) is 7.23. The van der Waals surface area contributed by atoms with Crippen LogP contribution in [0.5, 0.6) is 0 Å². The van der Waals surface area contributed by atoms with Gasteiger partial charge in [0.25, 0.3) is 11.5 Å². The fraction of sp³-hybridized carbons (Fsp3) is 0.167. The van der Waals surface area contributed by atoms with Crippen molar-refractivity contribution in [1.29, 1.82) is 0 Å². The Balaban J connectivity index is 1.67. The molecule has 6 heteroatoms. The third-order valence-corrected chi connectivity index (χ3v) is 4.53. The Morgan fingerprint density at radius 3 is 2.75 bits per heavy atom. The molecule has 1 amide bonds. The fourth-order valence-electron chi connectivity index (χ4n) is 2.36. The van der Waals surface area contributed by atoms with Gasteiger partial charge in [-0.25, -0.2) is 4.68 Å². The van der Waals surface area contributed by atoms with Crippen molar-refractivity contribution < 1.29 is 4.79 Å². The van der Waals surface area contributed by atoms with Gasteiger partial charge in [-0.3, -0.25) is 9.59 Å². The predicted molar refractivity (Wildman–Crippen MR) is 95.3 cm³/mol. The van der Waals surface area contributed by atoms with E-state index in [1.165, 1.54) is 10.7 Å². The monoisotopic (exact) mass is 339 g/mol. The first kappa shape index (κ1) is 16.1. The summed E-state index contributed by atoms with van der Waals surface area (Å²) in [5.41, 5.74) is 2.14. The van der Waals surface area contributed by atoms with Gasteiger partial charge in [-0.1, -0.05) is 24.3 Å². The molecule has 0 saturated heterocycles. The van der Waals surface area contributed by atoms with Crippen molar-refractivity contribution in [2.45, 2.75) is 13.5 Å². The van der Waals surface area contributed by atoms with Crippen LogP contribution in [0.4, 0.5) is 0 Å². The van der Waals surface area contributed by atoms with E-state index in [2.05, 4.69) is 10.4 Å². The number of aryl methyl sites for hydroxylation is 1.